The minimum Gasteiger partial charge on any atom is -0.491 e. The summed E-state index contributed by atoms with van der Waals surface area (Å²) >= 11 is 6.58. The summed E-state index contributed by atoms with van der Waals surface area (Å²) in [4.78, 5) is 21.5. The summed E-state index contributed by atoms with van der Waals surface area (Å²) in [7, 11) is 0. The lowest BCUT2D eigenvalue weighted by atomic mass is 10.1. The van der Waals surface area contributed by atoms with Crippen LogP contribution in [0.4, 0.5) is 8.78 Å². The van der Waals surface area contributed by atoms with Gasteiger partial charge in [-0.2, -0.15) is 8.78 Å². The Balaban J connectivity index is 1.08. The normalized spacial score (nSPS) is 13.7. The predicted octanol–water partition coefficient (Wildman–Crippen LogP) is 8.16. The zero-order valence-electron chi connectivity index (χ0n) is 27.1. The van der Waals surface area contributed by atoms with Crippen LogP contribution in [0, 0.1) is 6.92 Å². The van der Waals surface area contributed by atoms with Gasteiger partial charge in [-0.1, -0.05) is 35.9 Å². The van der Waals surface area contributed by atoms with E-state index in [0.717, 1.165) is 42.1 Å². The smallest absolute Gasteiger partial charge is 0.387 e. The van der Waals surface area contributed by atoms with E-state index >= 15 is 0 Å². The average Bonchev–Trinajstić information content (AvgIpc) is 3.06. The molecule has 11 heteroatoms. The fraction of sp³-hybridized carbons (Fsp3) is 0.297. The summed E-state index contributed by atoms with van der Waals surface area (Å²) < 4.78 is 46.4. The zero-order chi connectivity index (χ0) is 34.0. The Morgan fingerprint density at radius 2 is 1.54 bits per heavy atom. The first-order valence-electron chi connectivity index (χ1n) is 15.7. The molecule has 0 N–H and O–H groups in total. The Bertz CT molecular complexity index is 1650. The Kier molecular flexibility index (Phi) is 11.9. The van der Waals surface area contributed by atoms with E-state index in [1.807, 2.05) is 43.9 Å². The zero-order valence-corrected chi connectivity index (χ0v) is 27.8. The van der Waals surface area contributed by atoms with Crippen LogP contribution in [0.15, 0.2) is 85.1 Å². The number of ether oxygens (including phenoxy) is 4. The third-order valence-corrected chi connectivity index (χ3v) is 7.81. The second-order valence-electron chi connectivity index (χ2n) is 11.6. The van der Waals surface area contributed by atoms with Crippen LogP contribution in [-0.2, 0) is 17.9 Å². The number of piperazine rings is 1. The quantitative estimate of drug-likeness (QED) is 0.132. The standard InChI is InChI=1S/C37H38ClF2N3O5/c1-25(2)46-30-9-4-27(5-10-30)23-42-16-18-43(19-17-42)35(44)15-8-29-20-26(3)36(33(38)21-29)48-34-14-13-32(22-41-34)45-24-28-6-11-31(12-7-28)47-37(39)40/h4-15,20-22,25,37H,16-19,23-24H2,1-3H3/b15-8+. The number of aryl methyl sites for hydroxylation is 1. The summed E-state index contributed by atoms with van der Waals surface area (Å²) in [6.45, 7) is 7.01. The number of aromatic nitrogens is 1. The van der Waals surface area contributed by atoms with E-state index in [9.17, 15) is 13.6 Å². The van der Waals surface area contributed by atoms with Crippen molar-refractivity contribution in [2.75, 3.05) is 26.2 Å². The Morgan fingerprint density at radius 1 is 0.896 bits per heavy atom. The van der Waals surface area contributed by atoms with Crippen molar-refractivity contribution < 1.29 is 32.5 Å². The lowest BCUT2D eigenvalue weighted by molar-refractivity contribution is -0.127. The van der Waals surface area contributed by atoms with Crippen LogP contribution in [0.2, 0.25) is 5.02 Å². The molecule has 0 aliphatic carbocycles. The molecular formula is C37H38ClF2N3O5. The van der Waals surface area contributed by atoms with Crippen LogP contribution >= 0.6 is 11.6 Å². The van der Waals surface area contributed by atoms with Gasteiger partial charge in [0.2, 0.25) is 11.8 Å². The Hall–Kier alpha value is -4.67. The second-order valence-corrected chi connectivity index (χ2v) is 12.0. The van der Waals surface area contributed by atoms with Gasteiger partial charge in [0.1, 0.15) is 23.9 Å². The molecule has 0 unspecified atom stereocenters. The van der Waals surface area contributed by atoms with Crippen LogP contribution in [0.5, 0.6) is 28.9 Å². The van der Waals surface area contributed by atoms with Crippen molar-refractivity contribution in [3.63, 3.8) is 0 Å². The lowest BCUT2D eigenvalue weighted by Gasteiger charge is -2.34. The van der Waals surface area contributed by atoms with E-state index in [1.165, 1.54) is 23.9 Å². The monoisotopic (exact) mass is 677 g/mol. The maximum Gasteiger partial charge on any atom is 0.387 e. The second kappa shape index (κ2) is 16.4. The van der Waals surface area contributed by atoms with Crippen molar-refractivity contribution in [3.8, 4) is 28.9 Å². The Labute approximate surface area is 284 Å². The molecular weight excluding hydrogens is 640 g/mol. The van der Waals surface area contributed by atoms with E-state index in [0.29, 0.717) is 35.5 Å². The topological polar surface area (TPSA) is 73.4 Å². The number of alkyl halides is 2. The van der Waals surface area contributed by atoms with Gasteiger partial charge < -0.3 is 23.8 Å². The fourth-order valence-corrected chi connectivity index (χ4v) is 5.45. The van der Waals surface area contributed by atoms with Gasteiger partial charge in [0.05, 0.1) is 17.3 Å². The lowest BCUT2D eigenvalue weighted by Crippen LogP contribution is -2.47. The fourth-order valence-electron chi connectivity index (χ4n) is 5.14. The molecule has 1 saturated heterocycles. The molecule has 1 aliphatic heterocycles. The number of hydrogen-bond acceptors (Lipinski definition) is 7. The van der Waals surface area contributed by atoms with Gasteiger partial charge in [-0.15, -0.1) is 0 Å². The van der Waals surface area contributed by atoms with E-state index < -0.39 is 6.61 Å². The molecule has 3 aromatic carbocycles. The highest BCUT2D eigenvalue weighted by atomic mass is 35.5. The number of carbonyl (C=O) groups excluding carboxylic acids is 1. The number of hydrogen-bond donors (Lipinski definition) is 0. The SMILES string of the molecule is Cc1cc(/C=C/C(=O)N2CCN(Cc3ccc(OC(C)C)cc3)CC2)cc(Cl)c1Oc1ccc(OCc2ccc(OC(F)F)cc2)cn1. The molecule has 4 aromatic rings. The van der Waals surface area contributed by atoms with Crippen molar-refractivity contribution in [1.82, 2.24) is 14.8 Å². The molecule has 8 nitrogen and oxygen atoms in total. The minimum absolute atomic E-state index is 0.0387. The highest BCUT2D eigenvalue weighted by Gasteiger charge is 2.20. The van der Waals surface area contributed by atoms with E-state index in [1.54, 1.807) is 42.5 Å². The number of amides is 1. The predicted molar refractivity (Wildman–Crippen MR) is 181 cm³/mol. The number of halogens is 3. The summed E-state index contributed by atoms with van der Waals surface area (Å²) in [5, 5.41) is 0.390. The number of carbonyl (C=O) groups is 1. The average molecular weight is 678 g/mol. The molecule has 0 bridgehead atoms. The molecule has 0 atom stereocenters. The molecule has 0 spiro atoms. The van der Waals surface area contributed by atoms with Crippen LogP contribution in [0.1, 0.15) is 36.1 Å². The molecule has 1 amide bonds. The van der Waals surface area contributed by atoms with E-state index in [-0.39, 0.29) is 24.4 Å². The van der Waals surface area contributed by atoms with Crippen molar-refractivity contribution in [2.24, 2.45) is 0 Å². The van der Waals surface area contributed by atoms with Gasteiger partial charge in [0.15, 0.2) is 5.75 Å². The van der Waals surface area contributed by atoms with Crippen LogP contribution in [0.25, 0.3) is 6.08 Å². The van der Waals surface area contributed by atoms with Crippen molar-refractivity contribution in [1.29, 1.82) is 0 Å². The molecule has 0 saturated carbocycles. The summed E-state index contributed by atoms with van der Waals surface area (Å²) in [6, 6.07) is 21.4. The molecule has 0 radical (unpaired) electrons. The van der Waals surface area contributed by atoms with Crippen molar-refractivity contribution in [3.05, 3.63) is 112 Å². The maximum absolute atomic E-state index is 12.9. The van der Waals surface area contributed by atoms with Gasteiger partial charge in [-0.3, -0.25) is 9.69 Å². The third kappa shape index (κ3) is 10.2. The summed E-state index contributed by atoms with van der Waals surface area (Å²) in [5.74, 6) is 2.21. The van der Waals surface area contributed by atoms with Crippen molar-refractivity contribution >= 4 is 23.6 Å². The van der Waals surface area contributed by atoms with E-state index in [2.05, 4.69) is 26.8 Å². The van der Waals surface area contributed by atoms with Crippen LogP contribution in [-0.4, -0.2) is 59.6 Å². The molecule has 1 aliphatic rings. The molecule has 5 rings (SSSR count). The molecule has 1 aromatic heterocycles. The Morgan fingerprint density at radius 3 is 2.15 bits per heavy atom. The van der Waals surface area contributed by atoms with E-state index in [4.69, 9.17) is 25.8 Å². The summed E-state index contributed by atoms with van der Waals surface area (Å²) in [5.41, 5.74) is 3.57. The highest BCUT2D eigenvalue weighted by molar-refractivity contribution is 6.32. The van der Waals surface area contributed by atoms with Crippen LogP contribution in [0.3, 0.4) is 0 Å². The van der Waals surface area contributed by atoms with Gasteiger partial charge in [0.25, 0.3) is 0 Å². The maximum atomic E-state index is 12.9. The van der Waals surface area contributed by atoms with Gasteiger partial charge in [-0.25, -0.2) is 4.98 Å². The van der Waals surface area contributed by atoms with Crippen molar-refractivity contribution in [2.45, 2.75) is 46.6 Å². The molecule has 252 valence electrons. The van der Waals surface area contributed by atoms with Gasteiger partial charge >= 0.3 is 6.61 Å². The summed E-state index contributed by atoms with van der Waals surface area (Å²) in [6.07, 6.45) is 5.02. The molecule has 2 heterocycles. The first kappa shape index (κ1) is 34.7. The number of pyridine rings is 1. The minimum atomic E-state index is -2.87. The molecule has 48 heavy (non-hydrogen) atoms. The largest absolute Gasteiger partial charge is 0.491 e. The number of benzene rings is 3. The van der Waals surface area contributed by atoms with Gasteiger partial charge in [-0.05, 0) is 91.6 Å². The number of rotatable bonds is 13. The first-order valence-corrected chi connectivity index (χ1v) is 16.0. The van der Waals surface area contributed by atoms with Gasteiger partial charge in [0, 0.05) is 44.9 Å². The highest BCUT2D eigenvalue weighted by Crippen LogP contribution is 2.34. The van der Waals surface area contributed by atoms with Crippen LogP contribution < -0.4 is 18.9 Å². The molecule has 1 fully saturated rings. The third-order valence-electron chi connectivity index (χ3n) is 7.53. The first-order chi connectivity index (χ1) is 23.1. The number of nitrogens with zero attached hydrogens (tertiary/aromatic N) is 3.